The predicted molar refractivity (Wildman–Crippen MR) is 95.5 cm³/mol. The number of anilines is 1. The van der Waals surface area contributed by atoms with Crippen LogP contribution in [0.15, 0.2) is 29.6 Å². The second kappa shape index (κ2) is 7.14. The number of Topliss-reactive ketones (excluding diaryl/α,β-unsaturated/α-hetero) is 1. The number of carbonyl (C=O) groups is 3. The van der Waals surface area contributed by atoms with Crippen molar-refractivity contribution in [3.63, 3.8) is 0 Å². The highest BCUT2D eigenvalue weighted by atomic mass is 32.1. The molecule has 25 heavy (non-hydrogen) atoms. The second-order valence-electron chi connectivity index (χ2n) is 6.24. The van der Waals surface area contributed by atoms with E-state index in [0.717, 1.165) is 5.56 Å². The summed E-state index contributed by atoms with van der Waals surface area (Å²) in [5.41, 5.74) is 2.55. The van der Waals surface area contributed by atoms with Crippen molar-refractivity contribution in [1.82, 2.24) is 9.88 Å². The number of thiazole rings is 1. The van der Waals surface area contributed by atoms with Gasteiger partial charge in [0, 0.05) is 31.8 Å². The minimum Gasteiger partial charge on any atom is -0.338 e. The van der Waals surface area contributed by atoms with Gasteiger partial charge in [-0.15, -0.1) is 11.3 Å². The molecule has 1 aliphatic heterocycles. The van der Waals surface area contributed by atoms with E-state index >= 15 is 0 Å². The average Bonchev–Trinajstić information content (AvgIpc) is 3.17. The Balaban J connectivity index is 1.60. The van der Waals surface area contributed by atoms with Crippen molar-refractivity contribution in [2.45, 2.75) is 26.8 Å². The van der Waals surface area contributed by atoms with E-state index in [1.165, 1.54) is 23.8 Å². The Hall–Kier alpha value is -2.54. The Labute approximate surface area is 149 Å². The summed E-state index contributed by atoms with van der Waals surface area (Å²) in [6.45, 7) is 4.35. The first-order chi connectivity index (χ1) is 11.9. The molecule has 0 bridgehead atoms. The third-order valence-corrected chi connectivity index (χ3v) is 4.93. The lowest BCUT2D eigenvalue weighted by molar-refractivity contribution is -0.128. The van der Waals surface area contributed by atoms with E-state index in [-0.39, 0.29) is 24.0 Å². The van der Waals surface area contributed by atoms with Crippen LogP contribution in [0.4, 0.5) is 5.13 Å². The quantitative estimate of drug-likeness (QED) is 0.835. The number of aryl methyl sites for hydroxylation is 1. The van der Waals surface area contributed by atoms with Gasteiger partial charge in [0.05, 0.1) is 5.92 Å². The number of likely N-dealkylation sites (tertiary alicyclic amines) is 1. The SMILES string of the molecule is CC(=O)c1csc(NC(=O)C2CC(=O)N(Cc3ccc(C)cc3)C2)n1. The number of hydrogen-bond donors (Lipinski definition) is 1. The summed E-state index contributed by atoms with van der Waals surface area (Å²) < 4.78 is 0. The molecule has 0 aliphatic carbocycles. The van der Waals surface area contributed by atoms with Crippen molar-refractivity contribution in [1.29, 1.82) is 0 Å². The molecule has 0 spiro atoms. The van der Waals surface area contributed by atoms with Crippen LogP contribution in [-0.2, 0) is 16.1 Å². The highest BCUT2D eigenvalue weighted by Crippen LogP contribution is 2.23. The molecule has 6 nitrogen and oxygen atoms in total. The summed E-state index contributed by atoms with van der Waals surface area (Å²) in [5, 5.41) is 4.71. The Kier molecular flexibility index (Phi) is 4.94. The van der Waals surface area contributed by atoms with E-state index in [9.17, 15) is 14.4 Å². The molecule has 0 radical (unpaired) electrons. The molecule has 3 rings (SSSR count). The number of benzene rings is 1. The van der Waals surface area contributed by atoms with Gasteiger partial charge in [-0.1, -0.05) is 29.8 Å². The van der Waals surface area contributed by atoms with Crippen LogP contribution in [0.5, 0.6) is 0 Å². The van der Waals surface area contributed by atoms with Crippen molar-refractivity contribution in [2.24, 2.45) is 5.92 Å². The Morgan fingerprint density at radius 2 is 2.04 bits per heavy atom. The minimum atomic E-state index is -0.400. The number of ketones is 1. The van der Waals surface area contributed by atoms with Crippen LogP contribution in [0.1, 0.15) is 35.0 Å². The van der Waals surface area contributed by atoms with Gasteiger partial charge in [0.25, 0.3) is 0 Å². The first-order valence-corrected chi connectivity index (χ1v) is 8.91. The molecule has 1 fully saturated rings. The van der Waals surface area contributed by atoms with Crippen LogP contribution >= 0.6 is 11.3 Å². The summed E-state index contributed by atoms with van der Waals surface area (Å²) >= 11 is 1.21. The maximum atomic E-state index is 12.4. The van der Waals surface area contributed by atoms with Crippen molar-refractivity contribution in [3.8, 4) is 0 Å². The van der Waals surface area contributed by atoms with Gasteiger partial charge in [-0.2, -0.15) is 0 Å². The molecule has 1 aromatic heterocycles. The number of amides is 2. The Bertz CT molecular complexity index is 813. The van der Waals surface area contributed by atoms with Gasteiger partial charge in [-0.05, 0) is 12.5 Å². The highest BCUT2D eigenvalue weighted by molar-refractivity contribution is 7.14. The van der Waals surface area contributed by atoms with E-state index in [1.807, 2.05) is 31.2 Å². The zero-order valence-electron chi connectivity index (χ0n) is 14.1. The molecule has 7 heteroatoms. The Morgan fingerprint density at radius 1 is 1.32 bits per heavy atom. The van der Waals surface area contributed by atoms with Crippen LogP contribution in [0.25, 0.3) is 0 Å². The van der Waals surface area contributed by atoms with Crippen LogP contribution in [0, 0.1) is 12.8 Å². The van der Waals surface area contributed by atoms with Gasteiger partial charge in [-0.3, -0.25) is 14.4 Å². The van der Waals surface area contributed by atoms with Gasteiger partial charge in [0.15, 0.2) is 10.9 Å². The fraction of sp³-hybridized carbons (Fsp3) is 0.333. The number of nitrogens with one attached hydrogen (secondary N) is 1. The predicted octanol–water partition coefficient (Wildman–Crippen LogP) is 2.64. The molecule has 1 N–H and O–H groups in total. The van der Waals surface area contributed by atoms with Crippen LogP contribution in [0.2, 0.25) is 0 Å². The van der Waals surface area contributed by atoms with E-state index in [2.05, 4.69) is 10.3 Å². The molecule has 1 aromatic carbocycles. The zero-order chi connectivity index (χ0) is 18.0. The third-order valence-electron chi connectivity index (χ3n) is 4.17. The molecule has 2 amide bonds. The monoisotopic (exact) mass is 357 g/mol. The fourth-order valence-corrected chi connectivity index (χ4v) is 3.47. The van der Waals surface area contributed by atoms with E-state index in [1.54, 1.807) is 10.3 Å². The minimum absolute atomic E-state index is 0.0238. The molecular weight excluding hydrogens is 338 g/mol. The molecule has 1 atom stereocenters. The van der Waals surface area contributed by atoms with Crippen molar-refractivity contribution in [3.05, 3.63) is 46.5 Å². The average molecular weight is 357 g/mol. The molecular formula is C18H19N3O3S. The van der Waals surface area contributed by atoms with Crippen molar-refractivity contribution < 1.29 is 14.4 Å². The van der Waals surface area contributed by atoms with Crippen molar-refractivity contribution in [2.75, 3.05) is 11.9 Å². The molecule has 1 unspecified atom stereocenters. The topological polar surface area (TPSA) is 79.4 Å². The van der Waals surface area contributed by atoms with E-state index < -0.39 is 5.92 Å². The molecule has 1 saturated heterocycles. The summed E-state index contributed by atoms with van der Waals surface area (Å²) in [7, 11) is 0. The van der Waals surface area contributed by atoms with Gasteiger partial charge in [0.1, 0.15) is 5.69 Å². The van der Waals surface area contributed by atoms with Gasteiger partial charge in [0.2, 0.25) is 11.8 Å². The van der Waals surface area contributed by atoms with E-state index in [0.29, 0.717) is 23.9 Å². The normalized spacial score (nSPS) is 17.0. The summed E-state index contributed by atoms with van der Waals surface area (Å²) in [4.78, 5) is 41.6. The highest BCUT2D eigenvalue weighted by Gasteiger charge is 2.34. The lowest BCUT2D eigenvalue weighted by Crippen LogP contribution is -2.28. The van der Waals surface area contributed by atoms with Gasteiger partial charge in [-0.25, -0.2) is 4.98 Å². The van der Waals surface area contributed by atoms with Gasteiger partial charge >= 0.3 is 0 Å². The van der Waals surface area contributed by atoms with Crippen LogP contribution in [-0.4, -0.2) is 34.0 Å². The number of hydrogen-bond acceptors (Lipinski definition) is 5. The maximum Gasteiger partial charge on any atom is 0.231 e. The van der Waals surface area contributed by atoms with Crippen LogP contribution < -0.4 is 5.32 Å². The molecule has 130 valence electrons. The second-order valence-corrected chi connectivity index (χ2v) is 7.10. The number of nitrogens with zero attached hydrogens (tertiary/aromatic N) is 2. The number of carbonyl (C=O) groups excluding carboxylic acids is 3. The third kappa shape index (κ3) is 4.11. The van der Waals surface area contributed by atoms with E-state index in [4.69, 9.17) is 0 Å². The van der Waals surface area contributed by atoms with Gasteiger partial charge < -0.3 is 10.2 Å². The maximum absolute atomic E-state index is 12.4. The molecule has 1 aliphatic rings. The lowest BCUT2D eigenvalue weighted by atomic mass is 10.1. The van der Waals surface area contributed by atoms with Crippen LogP contribution in [0.3, 0.4) is 0 Å². The number of rotatable bonds is 5. The standard InChI is InChI=1S/C18H19N3O3S/c1-11-3-5-13(6-4-11)8-21-9-14(7-16(21)23)17(24)20-18-19-15(10-25-18)12(2)22/h3-6,10,14H,7-9H2,1-2H3,(H,19,20,24). The summed E-state index contributed by atoms with van der Waals surface area (Å²) in [6, 6.07) is 8.01. The largest absolute Gasteiger partial charge is 0.338 e. The lowest BCUT2D eigenvalue weighted by Gasteiger charge is -2.16. The fourth-order valence-electron chi connectivity index (χ4n) is 2.71. The first-order valence-electron chi connectivity index (χ1n) is 8.03. The Morgan fingerprint density at radius 3 is 2.68 bits per heavy atom. The molecule has 0 saturated carbocycles. The first kappa shape index (κ1) is 17.3. The number of aromatic nitrogens is 1. The smallest absolute Gasteiger partial charge is 0.231 e. The van der Waals surface area contributed by atoms with Crippen molar-refractivity contribution >= 4 is 34.1 Å². The summed E-state index contributed by atoms with van der Waals surface area (Å²) in [6.07, 6.45) is 0.197. The molecule has 2 aromatic rings. The molecule has 2 heterocycles. The zero-order valence-corrected chi connectivity index (χ0v) is 14.9. The summed E-state index contributed by atoms with van der Waals surface area (Å²) in [5.74, 6) is -0.798.